The van der Waals surface area contributed by atoms with Gasteiger partial charge in [0, 0.05) is 43.7 Å². The van der Waals surface area contributed by atoms with E-state index in [2.05, 4.69) is 108 Å². The minimum atomic E-state index is 1.03. The SMILES string of the molecule is Cn1c(-c2cc3cc4c(cc3s2)sc2cc3sc(-c5nc6ccccc6n5C)cc3cc24)nc2ccccc21. The number of para-hydroxylation sites is 4. The van der Waals surface area contributed by atoms with Crippen LogP contribution in [0.5, 0.6) is 0 Å². The molecule has 4 nitrogen and oxygen atoms in total. The van der Waals surface area contributed by atoms with Crippen LogP contribution < -0.4 is 0 Å². The quantitative estimate of drug-likeness (QED) is 0.212. The van der Waals surface area contributed by atoms with Crippen molar-refractivity contribution in [2.24, 2.45) is 14.1 Å². The molecule has 0 atom stereocenters. The lowest BCUT2D eigenvalue weighted by molar-refractivity contribution is 0.963. The Kier molecular flexibility index (Phi) is 4.35. The molecule has 5 aromatic heterocycles. The first-order chi connectivity index (χ1) is 19.1. The fourth-order valence-electron chi connectivity index (χ4n) is 5.80. The van der Waals surface area contributed by atoms with Crippen molar-refractivity contribution in [3.63, 3.8) is 0 Å². The molecular formula is C32H20N4S3. The maximum absolute atomic E-state index is 4.94. The van der Waals surface area contributed by atoms with Crippen LogP contribution in [0.25, 0.3) is 83.8 Å². The van der Waals surface area contributed by atoms with Gasteiger partial charge in [-0.05, 0) is 71.4 Å². The van der Waals surface area contributed by atoms with Crippen molar-refractivity contribution in [2.45, 2.75) is 0 Å². The minimum absolute atomic E-state index is 1.03. The van der Waals surface area contributed by atoms with Crippen LogP contribution in [-0.4, -0.2) is 19.1 Å². The Morgan fingerprint density at radius 2 is 0.974 bits per heavy atom. The first-order valence-electron chi connectivity index (χ1n) is 12.8. The summed E-state index contributed by atoms with van der Waals surface area (Å²) in [6.07, 6.45) is 0. The maximum Gasteiger partial charge on any atom is 0.151 e. The number of rotatable bonds is 2. The molecule has 39 heavy (non-hydrogen) atoms. The zero-order valence-electron chi connectivity index (χ0n) is 21.1. The number of hydrogen-bond acceptors (Lipinski definition) is 5. The highest BCUT2D eigenvalue weighted by molar-refractivity contribution is 7.27. The van der Waals surface area contributed by atoms with Crippen molar-refractivity contribution in [2.75, 3.05) is 0 Å². The van der Waals surface area contributed by atoms with Crippen molar-refractivity contribution in [3.05, 3.63) is 84.9 Å². The number of benzene rings is 4. The summed E-state index contributed by atoms with van der Waals surface area (Å²) in [4.78, 5) is 12.3. The van der Waals surface area contributed by atoms with Crippen molar-refractivity contribution >= 4 is 96.4 Å². The molecule has 0 N–H and O–H groups in total. The molecule has 0 saturated carbocycles. The average molecular weight is 557 g/mol. The minimum Gasteiger partial charge on any atom is -0.326 e. The molecule has 4 aromatic carbocycles. The molecular weight excluding hydrogens is 537 g/mol. The van der Waals surface area contributed by atoms with Crippen LogP contribution in [0.4, 0.5) is 0 Å². The number of aromatic nitrogens is 4. The molecule has 9 aromatic rings. The number of fused-ring (bicyclic) bond motifs is 7. The van der Waals surface area contributed by atoms with E-state index < -0.39 is 0 Å². The number of hydrogen-bond donors (Lipinski definition) is 0. The van der Waals surface area contributed by atoms with Crippen LogP contribution in [-0.2, 0) is 14.1 Å². The second-order valence-electron chi connectivity index (χ2n) is 10.1. The second-order valence-corrected chi connectivity index (χ2v) is 13.3. The highest BCUT2D eigenvalue weighted by Crippen LogP contribution is 2.44. The summed E-state index contributed by atoms with van der Waals surface area (Å²) in [6.45, 7) is 0. The zero-order valence-corrected chi connectivity index (χ0v) is 23.5. The Morgan fingerprint density at radius 3 is 1.44 bits per heavy atom. The Hall–Kier alpha value is -4.04. The highest BCUT2D eigenvalue weighted by Gasteiger charge is 2.17. The van der Waals surface area contributed by atoms with E-state index in [9.17, 15) is 0 Å². The fraction of sp³-hybridized carbons (Fsp3) is 0.0625. The van der Waals surface area contributed by atoms with Gasteiger partial charge in [0.15, 0.2) is 11.6 Å². The van der Waals surface area contributed by atoms with E-state index in [-0.39, 0.29) is 0 Å². The van der Waals surface area contributed by atoms with Gasteiger partial charge in [0.1, 0.15) is 0 Å². The third-order valence-electron chi connectivity index (χ3n) is 7.76. The van der Waals surface area contributed by atoms with E-state index in [0.29, 0.717) is 0 Å². The standard InChI is InChI=1S/C32H20N4S3/c1-35-23-9-5-3-7-21(23)33-31(35)29-13-17-11-19-20-12-18-14-30(32-34-22-8-4-6-10-24(22)36(32)2)38-26(18)16-28(20)39-27(19)15-25(17)37-29/h3-16H,1-2H3. The van der Waals surface area contributed by atoms with Crippen LogP contribution in [0.2, 0.25) is 0 Å². The Morgan fingerprint density at radius 1 is 0.513 bits per heavy atom. The van der Waals surface area contributed by atoms with E-state index in [1.54, 1.807) is 0 Å². The van der Waals surface area contributed by atoms with E-state index in [1.807, 2.05) is 34.0 Å². The van der Waals surface area contributed by atoms with Gasteiger partial charge in [-0.25, -0.2) is 9.97 Å². The van der Waals surface area contributed by atoms with Gasteiger partial charge in [0.2, 0.25) is 0 Å². The summed E-state index contributed by atoms with van der Waals surface area (Å²) in [6, 6.07) is 30.8. The topological polar surface area (TPSA) is 35.6 Å². The van der Waals surface area contributed by atoms with Crippen LogP contribution in [0.1, 0.15) is 0 Å². The monoisotopic (exact) mass is 556 g/mol. The van der Waals surface area contributed by atoms with Gasteiger partial charge in [-0.15, -0.1) is 34.0 Å². The van der Waals surface area contributed by atoms with E-state index in [1.165, 1.54) is 50.1 Å². The van der Waals surface area contributed by atoms with Crippen LogP contribution in [0, 0.1) is 0 Å². The third-order valence-corrected chi connectivity index (χ3v) is 11.1. The lowest BCUT2D eigenvalue weighted by atomic mass is 10.1. The van der Waals surface area contributed by atoms with Crippen molar-refractivity contribution in [1.82, 2.24) is 19.1 Å². The molecule has 186 valence electrons. The zero-order chi connectivity index (χ0) is 25.8. The second kappa shape index (κ2) is 7.76. The molecule has 0 bridgehead atoms. The summed E-state index contributed by atoms with van der Waals surface area (Å²) < 4.78 is 9.69. The lowest BCUT2D eigenvalue weighted by Crippen LogP contribution is -1.89. The molecule has 0 spiro atoms. The molecule has 0 saturated heterocycles. The molecule has 0 aliphatic carbocycles. The number of aryl methyl sites for hydroxylation is 2. The van der Waals surface area contributed by atoms with E-state index >= 15 is 0 Å². The molecule has 5 heterocycles. The van der Waals surface area contributed by atoms with Gasteiger partial charge in [-0.2, -0.15) is 0 Å². The summed E-state index contributed by atoms with van der Waals surface area (Å²) in [5.74, 6) is 2.06. The lowest BCUT2D eigenvalue weighted by Gasteiger charge is -1.98. The Balaban J connectivity index is 1.20. The van der Waals surface area contributed by atoms with E-state index in [0.717, 1.165) is 33.7 Å². The average Bonchev–Trinajstić information content (AvgIpc) is 3.75. The largest absolute Gasteiger partial charge is 0.326 e. The van der Waals surface area contributed by atoms with Crippen LogP contribution in [0.3, 0.4) is 0 Å². The molecule has 0 aliphatic rings. The van der Waals surface area contributed by atoms with E-state index in [4.69, 9.17) is 9.97 Å². The van der Waals surface area contributed by atoms with Gasteiger partial charge in [-0.3, -0.25) is 0 Å². The highest BCUT2D eigenvalue weighted by atomic mass is 32.1. The van der Waals surface area contributed by atoms with Crippen molar-refractivity contribution in [1.29, 1.82) is 0 Å². The van der Waals surface area contributed by atoms with Gasteiger partial charge in [-0.1, -0.05) is 24.3 Å². The predicted molar refractivity (Wildman–Crippen MR) is 170 cm³/mol. The number of nitrogens with zero attached hydrogens (tertiary/aromatic N) is 4. The molecule has 0 unspecified atom stereocenters. The van der Waals surface area contributed by atoms with Crippen LogP contribution in [0.15, 0.2) is 84.9 Å². The van der Waals surface area contributed by atoms with Gasteiger partial charge < -0.3 is 9.13 Å². The summed E-state index contributed by atoms with van der Waals surface area (Å²) in [7, 11) is 4.21. The van der Waals surface area contributed by atoms with Crippen LogP contribution >= 0.6 is 34.0 Å². The van der Waals surface area contributed by atoms with Crippen molar-refractivity contribution in [3.8, 4) is 21.4 Å². The molecule has 7 heteroatoms. The number of thiophene rings is 3. The Labute approximate surface area is 235 Å². The first-order valence-corrected chi connectivity index (χ1v) is 15.2. The molecule has 0 amide bonds. The summed E-state index contributed by atoms with van der Waals surface area (Å²) in [5.41, 5.74) is 4.40. The smallest absolute Gasteiger partial charge is 0.151 e. The number of imidazole rings is 2. The fourth-order valence-corrected chi connectivity index (χ4v) is 9.31. The molecule has 0 radical (unpaired) electrons. The van der Waals surface area contributed by atoms with Gasteiger partial charge in [0.05, 0.1) is 31.8 Å². The van der Waals surface area contributed by atoms with Crippen molar-refractivity contribution < 1.29 is 0 Å². The normalized spacial score (nSPS) is 12.4. The first kappa shape index (κ1) is 21.8. The molecule has 0 aliphatic heterocycles. The Bertz CT molecular complexity index is 2260. The van der Waals surface area contributed by atoms with Gasteiger partial charge in [0.25, 0.3) is 0 Å². The maximum atomic E-state index is 4.94. The third kappa shape index (κ3) is 3.09. The van der Waals surface area contributed by atoms with Gasteiger partial charge >= 0.3 is 0 Å². The summed E-state index contributed by atoms with van der Waals surface area (Å²) in [5, 5.41) is 5.21. The predicted octanol–water partition coefficient (Wildman–Crippen LogP) is 9.59. The molecule has 9 rings (SSSR count). The summed E-state index contributed by atoms with van der Waals surface area (Å²) >= 11 is 5.54. The molecule has 0 fully saturated rings.